The van der Waals surface area contributed by atoms with Crippen molar-refractivity contribution < 1.29 is 9.53 Å². The molecule has 2 aromatic carbocycles. The van der Waals surface area contributed by atoms with Gasteiger partial charge in [0.1, 0.15) is 11.6 Å². The molecule has 124 valence electrons. The lowest BCUT2D eigenvalue weighted by atomic mass is 10.3. The summed E-state index contributed by atoms with van der Waals surface area (Å²) in [4.78, 5) is 19.4. The number of benzene rings is 2. The molecule has 0 fully saturated rings. The molecular formula is C17H15Cl2N3O2. The lowest BCUT2D eigenvalue weighted by molar-refractivity contribution is -0.123. The molecule has 2 N–H and O–H groups in total. The summed E-state index contributed by atoms with van der Waals surface area (Å²) in [6, 6.07) is 12.5. The van der Waals surface area contributed by atoms with Crippen molar-refractivity contribution in [2.45, 2.75) is 6.42 Å². The highest BCUT2D eigenvalue weighted by atomic mass is 35.5. The number of amides is 1. The van der Waals surface area contributed by atoms with Crippen molar-refractivity contribution in [2.24, 2.45) is 0 Å². The van der Waals surface area contributed by atoms with Gasteiger partial charge in [-0.25, -0.2) is 4.98 Å². The van der Waals surface area contributed by atoms with Crippen LogP contribution in [0.25, 0.3) is 11.0 Å². The number of rotatable bonds is 6. The maximum absolute atomic E-state index is 11.8. The third-order valence-corrected chi connectivity index (χ3v) is 3.92. The van der Waals surface area contributed by atoms with Crippen LogP contribution in [0, 0.1) is 0 Å². The van der Waals surface area contributed by atoms with Crippen LogP contribution in [0.2, 0.25) is 10.0 Å². The summed E-state index contributed by atoms with van der Waals surface area (Å²) in [7, 11) is 0. The minimum atomic E-state index is -0.214. The Bertz CT molecular complexity index is 864. The largest absolute Gasteiger partial charge is 0.482 e. The fraction of sp³-hybridized carbons (Fsp3) is 0.176. The average molecular weight is 364 g/mol. The summed E-state index contributed by atoms with van der Waals surface area (Å²) in [5, 5.41) is 3.92. The number of carbonyl (C=O) groups is 1. The molecule has 0 radical (unpaired) electrons. The lowest BCUT2D eigenvalue weighted by Gasteiger charge is -2.08. The van der Waals surface area contributed by atoms with Gasteiger partial charge in [0.25, 0.3) is 5.91 Å². The molecular weight excluding hydrogens is 349 g/mol. The van der Waals surface area contributed by atoms with Crippen LogP contribution in [0.1, 0.15) is 5.82 Å². The number of carbonyl (C=O) groups excluding carboxylic acids is 1. The Hall–Kier alpha value is -2.24. The SMILES string of the molecule is O=C(COc1ccccc1Cl)NCCc1nc2ccc(Cl)cc2[nH]1. The molecule has 3 aromatic rings. The van der Waals surface area contributed by atoms with E-state index in [9.17, 15) is 4.79 Å². The molecule has 0 saturated heterocycles. The molecule has 1 heterocycles. The van der Waals surface area contributed by atoms with E-state index < -0.39 is 0 Å². The van der Waals surface area contributed by atoms with Gasteiger partial charge in [-0.1, -0.05) is 35.3 Å². The van der Waals surface area contributed by atoms with Gasteiger partial charge in [0, 0.05) is 18.0 Å². The molecule has 1 aromatic heterocycles. The predicted molar refractivity (Wildman–Crippen MR) is 94.8 cm³/mol. The number of fused-ring (bicyclic) bond motifs is 1. The fourth-order valence-corrected chi connectivity index (χ4v) is 2.59. The minimum Gasteiger partial charge on any atom is -0.482 e. The highest BCUT2D eigenvalue weighted by Crippen LogP contribution is 2.22. The second kappa shape index (κ2) is 7.55. The van der Waals surface area contributed by atoms with Crippen LogP contribution in [0.15, 0.2) is 42.5 Å². The zero-order valence-electron chi connectivity index (χ0n) is 12.7. The quantitative estimate of drug-likeness (QED) is 0.702. The van der Waals surface area contributed by atoms with E-state index >= 15 is 0 Å². The molecule has 0 saturated carbocycles. The molecule has 1 amide bonds. The number of nitrogens with one attached hydrogen (secondary N) is 2. The van der Waals surface area contributed by atoms with Crippen LogP contribution in [-0.2, 0) is 11.2 Å². The Morgan fingerprint density at radius 3 is 2.88 bits per heavy atom. The van der Waals surface area contributed by atoms with Gasteiger partial charge in [-0.15, -0.1) is 0 Å². The molecule has 3 rings (SSSR count). The van der Waals surface area contributed by atoms with Gasteiger partial charge < -0.3 is 15.0 Å². The number of nitrogens with zero attached hydrogens (tertiary/aromatic N) is 1. The number of hydrogen-bond donors (Lipinski definition) is 2. The normalized spacial score (nSPS) is 10.8. The van der Waals surface area contributed by atoms with Crippen molar-refractivity contribution in [1.82, 2.24) is 15.3 Å². The Balaban J connectivity index is 1.47. The lowest BCUT2D eigenvalue weighted by Crippen LogP contribution is -2.30. The summed E-state index contributed by atoms with van der Waals surface area (Å²) >= 11 is 11.9. The Morgan fingerprint density at radius 1 is 1.21 bits per heavy atom. The molecule has 0 aliphatic heterocycles. The molecule has 5 nitrogen and oxygen atoms in total. The van der Waals surface area contributed by atoms with E-state index in [4.69, 9.17) is 27.9 Å². The number of ether oxygens (including phenoxy) is 1. The second-order valence-electron chi connectivity index (χ2n) is 5.16. The monoisotopic (exact) mass is 363 g/mol. The Morgan fingerprint density at radius 2 is 2.04 bits per heavy atom. The van der Waals surface area contributed by atoms with Crippen molar-refractivity contribution in [3.63, 3.8) is 0 Å². The van der Waals surface area contributed by atoms with Crippen molar-refractivity contribution in [3.05, 3.63) is 58.3 Å². The molecule has 0 aliphatic rings. The van der Waals surface area contributed by atoms with Gasteiger partial charge in [0.2, 0.25) is 0 Å². The minimum absolute atomic E-state index is 0.0839. The first-order valence-electron chi connectivity index (χ1n) is 7.40. The van der Waals surface area contributed by atoms with Crippen molar-refractivity contribution in [3.8, 4) is 5.75 Å². The van der Waals surface area contributed by atoms with Crippen LogP contribution >= 0.6 is 23.2 Å². The van der Waals surface area contributed by atoms with E-state index in [1.807, 2.05) is 12.1 Å². The van der Waals surface area contributed by atoms with Gasteiger partial charge in [-0.3, -0.25) is 4.79 Å². The van der Waals surface area contributed by atoms with E-state index in [1.54, 1.807) is 30.3 Å². The Labute approximate surface area is 148 Å². The van der Waals surface area contributed by atoms with Crippen molar-refractivity contribution in [1.29, 1.82) is 0 Å². The predicted octanol–water partition coefficient (Wildman–Crippen LogP) is 3.61. The van der Waals surface area contributed by atoms with Gasteiger partial charge in [-0.2, -0.15) is 0 Å². The third-order valence-electron chi connectivity index (χ3n) is 3.37. The number of para-hydroxylation sites is 1. The van der Waals surface area contributed by atoms with Gasteiger partial charge >= 0.3 is 0 Å². The van der Waals surface area contributed by atoms with Gasteiger partial charge in [0.05, 0.1) is 16.1 Å². The molecule has 0 spiro atoms. The van der Waals surface area contributed by atoms with Crippen LogP contribution < -0.4 is 10.1 Å². The van der Waals surface area contributed by atoms with Gasteiger partial charge in [0.15, 0.2) is 6.61 Å². The summed E-state index contributed by atoms with van der Waals surface area (Å²) in [5.74, 6) is 1.07. The maximum Gasteiger partial charge on any atom is 0.257 e. The number of halogens is 2. The molecule has 0 aliphatic carbocycles. The first-order valence-corrected chi connectivity index (χ1v) is 8.15. The van der Waals surface area contributed by atoms with Crippen LogP contribution in [0.4, 0.5) is 0 Å². The third kappa shape index (κ3) is 4.19. The number of aromatic nitrogens is 2. The first-order chi connectivity index (χ1) is 11.6. The van der Waals surface area contributed by atoms with E-state index in [0.717, 1.165) is 16.9 Å². The highest BCUT2D eigenvalue weighted by molar-refractivity contribution is 6.32. The summed E-state index contributed by atoms with van der Waals surface area (Å²) in [5.41, 5.74) is 1.73. The number of aromatic amines is 1. The molecule has 0 bridgehead atoms. The van der Waals surface area contributed by atoms with E-state index in [2.05, 4.69) is 15.3 Å². The molecule has 0 unspecified atom stereocenters. The number of H-pyrrole nitrogens is 1. The van der Waals surface area contributed by atoms with Crippen molar-refractivity contribution in [2.75, 3.05) is 13.2 Å². The highest BCUT2D eigenvalue weighted by Gasteiger charge is 2.07. The van der Waals surface area contributed by atoms with E-state index in [-0.39, 0.29) is 12.5 Å². The number of imidazole rings is 1. The number of hydrogen-bond acceptors (Lipinski definition) is 3. The summed E-state index contributed by atoms with van der Waals surface area (Å²) < 4.78 is 5.38. The van der Waals surface area contributed by atoms with Crippen LogP contribution in [-0.4, -0.2) is 29.0 Å². The van der Waals surface area contributed by atoms with E-state index in [1.165, 1.54) is 0 Å². The summed E-state index contributed by atoms with van der Waals surface area (Å²) in [6.45, 7) is 0.373. The topological polar surface area (TPSA) is 67.0 Å². The van der Waals surface area contributed by atoms with Crippen LogP contribution in [0.5, 0.6) is 5.75 Å². The summed E-state index contributed by atoms with van der Waals surface area (Å²) in [6.07, 6.45) is 0.587. The average Bonchev–Trinajstić information content (AvgIpc) is 2.96. The maximum atomic E-state index is 11.8. The van der Waals surface area contributed by atoms with Gasteiger partial charge in [-0.05, 0) is 30.3 Å². The fourth-order valence-electron chi connectivity index (χ4n) is 2.23. The molecule has 24 heavy (non-hydrogen) atoms. The Kier molecular flexibility index (Phi) is 5.23. The smallest absolute Gasteiger partial charge is 0.257 e. The van der Waals surface area contributed by atoms with E-state index in [0.29, 0.717) is 28.8 Å². The standard InChI is InChI=1S/C17H15Cl2N3O2/c18-11-5-6-13-14(9-11)22-16(21-13)7-8-20-17(23)10-24-15-4-2-1-3-12(15)19/h1-6,9H,7-8,10H2,(H,20,23)(H,21,22). The zero-order chi connectivity index (χ0) is 16.9. The van der Waals surface area contributed by atoms with Crippen LogP contribution in [0.3, 0.4) is 0 Å². The van der Waals surface area contributed by atoms with Crippen molar-refractivity contribution >= 4 is 40.1 Å². The zero-order valence-corrected chi connectivity index (χ0v) is 14.2. The second-order valence-corrected chi connectivity index (χ2v) is 6.01. The molecule has 7 heteroatoms. The first kappa shape index (κ1) is 16.6. The molecule has 0 atom stereocenters.